The quantitative estimate of drug-likeness (QED) is 0.505. The number of thiazole rings is 1. The van der Waals surface area contributed by atoms with E-state index >= 15 is 0 Å². The molecule has 1 heterocycles. The van der Waals surface area contributed by atoms with Crippen molar-refractivity contribution in [2.75, 3.05) is 5.32 Å². The number of carbonyl (C=O) groups excluding carboxylic acids is 2. The van der Waals surface area contributed by atoms with Crippen molar-refractivity contribution in [2.45, 2.75) is 35.8 Å². The van der Waals surface area contributed by atoms with Gasteiger partial charge in [0, 0.05) is 16.3 Å². The van der Waals surface area contributed by atoms with Crippen LogP contribution in [0.2, 0.25) is 5.02 Å². The van der Waals surface area contributed by atoms with Gasteiger partial charge in [0.15, 0.2) is 10.9 Å². The predicted octanol–water partition coefficient (Wildman–Crippen LogP) is 5.83. The Bertz CT molecular complexity index is 1030. The third-order valence-corrected chi connectivity index (χ3v) is 7.24. The van der Waals surface area contributed by atoms with Crippen molar-refractivity contribution in [3.05, 3.63) is 75.8 Å². The first-order chi connectivity index (χ1) is 14.0. The summed E-state index contributed by atoms with van der Waals surface area (Å²) in [5, 5.41) is 3.73. The van der Waals surface area contributed by atoms with Gasteiger partial charge in [-0.1, -0.05) is 53.3 Å². The highest BCUT2D eigenvalue weighted by Crippen LogP contribution is 2.37. The van der Waals surface area contributed by atoms with Crippen molar-refractivity contribution < 1.29 is 9.59 Å². The van der Waals surface area contributed by atoms with E-state index < -0.39 is 0 Å². The number of hydrogen-bond acceptors (Lipinski definition) is 5. The van der Waals surface area contributed by atoms with Crippen LogP contribution in [0.15, 0.2) is 59.5 Å². The van der Waals surface area contributed by atoms with Gasteiger partial charge in [0.2, 0.25) is 5.91 Å². The lowest BCUT2D eigenvalue weighted by molar-refractivity contribution is -0.115. The van der Waals surface area contributed by atoms with Crippen molar-refractivity contribution in [3.63, 3.8) is 0 Å². The zero-order chi connectivity index (χ0) is 20.4. The summed E-state index contributed by atoms with van der Waals surface area (Å²) in [4.78, 5) is 31.4. The van der Waals surface area contributed by atoms with Crippen molar-refractivity contribution in [1.29, 1.82) is 0 Å². The zero-order valence-corrected chi connectivity index (χ0v) is 18.1. The molecular formula is C22H19ClN2O2S2. The van der Waals surface area contributed by atoms with E-state index in [0.29, 0.717) is 27.9 Å². The van der Waals surface area contributed by atoms with E-state index in [4.69, 9.17) is 11.6 Å². The molecule has 0 unspecified atom stereocenters. The number of halogens is 1. The molecule has 1 aromatic heterocycles. The minimum Gasteiger partial charge on any atom is -0.301 e. The van der Waals surface area contributed by atoms with E-state index in [1.807, 2.05) is 49.4 Å². The summed E-state index contributed by atoms with van der Waals surface area (Å²) in [5.41, 5.74) is 1.94. The molecule has 1 amide bonds. The smallest absolute Gasteiger partial charge is 0.239 e. The van der Waals surface area contributed by atoms with Crippen LogP contribution in [0.4, 0.5) is 5.13 Å². The Kier molecular flexibility index (Phi) is 6.04. The SMILES string of the molecule is C[C@@H](Sc1ccc(Cl)cc1)C(=O)Nc1nc2c(s1)C(=O)C[C@@H](c1ccccc1)C2. The number of Topliss-reactive ketones (excluding diaryl/α,β-unsaturated/α-hetero) is 1. The largest absolute Gasteiger partial charge is 0.301 e. The first kappa shape index (κ1) is 20.1. The van der Waals surface area contributed by atoms with Crippen molar-refractivity contribution in [1.82, 2.24) is 4.98 Å². The fourth-order valence-corrected chi connectivity index (χ4v) is 5.26. The monoisotopic (exact) mass is 442 g/mol. The van der Waals surface area contributed by atoms with Crippen LogP contribution in [0.1, 0.15) is 40.2 Å². The molecule has 148 valence electrons. The topological polar surface area (TPSA) is 59.1 Å². The van der Waals surface area contributed by atoms with E-state index in [2.05, 4.69) is 10.3 Å². The Morgan fingerprint density at radius 2 is 1.90 bits per heavy atom. The average molecular weight is 443 g/mol. The fourth-order valence-electron chi connectivity index (χ4n) is 3.32. The van der Waals surface area contributed by atoms with E-state index in [1.54, 1.807) is 12.1 Å². The number of hydrogen-bond donors (Lipinski definition) is 1. The number of amides is 1. The molecule has 29 heavy (non-hydrogen) atoms. The average Bonchev–Trinajstić information content (AvgIpc) is 3.13. The number of aromatic nitrogens is 1. The molecule has 1 aliphatic carbocycles. The molecule has 0 bridgehead atoms. The first-order valence-corrected chi connectivity index (χ1v) is 11.4. The molecule has 0 saturated carbocycles. The molecule has 0 fully saturated rings. The molecule has 4 rings (SSSR count). The fraction of sp³-hybridized carbons (Fsp3) is 0.227. The van der Waals surface area contributed by atoms with Crippen LogP contribution in [0.5, 0.6) is 0 Å². The van der Waals surface area contributed by atoms with Gasteiger partial charge in [0.25, 0.3) is 0 Å². The molecule has 7 heteroatoms. The Balaban J connectivity index is 1.44. The highest BCUT2D eigenvalue weighted by Gasteiger charge is 2.30. The predicted molar refractivity (Wildman–Crippen MR) is 119 cm³/mol. The van der Waals surface area contributed by atoms with Crippen LogP contribution in [0.3, 0.4) is 0 Å². The maximum Gasteiger partial charge on any atom is 0.239 e. The van der Waals surface area contributed by atoms with Gasteiger partial charge >= 0.3 is 0 Å². The lowest BCUT2D eigenvalue weighted by Crippen LogP contribution is -2.22. The number of benzene rings is 2. The number of nitrogens with zero attached hydrogens (tertiary/aromatic N) is 1. The maximum absolute atomic E-state index is 12.6. The van der Waals surface area contributed by atoms with Crippen molar-refractivity contribution in [3.8, 4) is 0 Å². The van der Waals surface area contributed by atoms with Gasteiger partial charge < -0.3 is 5.32 Å². The normalized spacial score (nSPS) is 16.9. The number of anilines is 1. The van der Waals surface area contributed by atoms with E-state index in [0.717, 1.165) is 16.2 Å². The van der Waals surface area contributed by atoms with Gasteiger partial charge in [0.05, 0.1) is 15.8 Å². The van der Waals surface area contributed by atoms with E-state index in [-0.39, 0.29) is 22.9 Å². The molecule has 4 nitrogen and oxygen atoms in total. The molecular weight excluding hydrogens is 424 g/mol. The van der Waals surface area contributed by atoms with Gasteiger partial charge in [-0.15, -0.1) is 11.8 Å². The molecule has 0 spiro atoms. The van der Waals surface area contributed by atoms with Gasteiger partial charge in [0.1, 0.15) is 0 Å². The molecule has 0 radical (unpaired) electrons. The summed E-state index contributed by atoms with van der Waals surface area (Å²) in [6.07, 6.45) is 1.20. The highest BCUT2D eigenvalue weighted by molar-refractivity contribution is 8.00. The molecule has 1 N–H and O–H groups in total. The Morgan fingerprint density at radius 3 is 2.62 bits per heavy atom. The second kappa shape index (κ2) is 8.69. The third kappa shape index (κ3) is 4.71. The molecule has 1 aliphatic rings. The summed E-state index contributed by atoms with van der Waals surface area (Å²) in [5.74, 6) is 0.103. The van der Waals surface area contributed by atoms with Crippen LogP contribution in [0, 0.1) is 0 Å². The summed E-state index contributed by atoms with van der Waals surface area (Å²) in [7, 11) is 0. The number of rotatable bonds is 5. The van der Waals surface area contributed by atoms with Gasteiger partial charge in [-0.2, -0.15) is 0 Å². The summed E-state index contributed by atoms with van der Waals surface area (Å²) in [6.45, 7) is 1.85. The molecule has 2 atom stereocenters. The Labute approximate surface area is 182 Å². The van der Waals surface area contributed by atoms with Crippen LogP contribution in [-0.2, 0) is 11.2 Å². The third-order valence-electron chi connectivity index (χ3n) is 4.82. The number of thioether (sulfide) groups is 1. The Hall–Kier alpha value is -2.15. The lowest BCUT2D eigenvalue weighted by Gasteiger charge is -2.20. The minimum atomic E-state index is -0.301. The highest BCUT2D eigenvalue weighted by atomic mass is 35.5. The number of fused-ring (bicyclic) bond motifs is 1. The van der Waals surface area contributed by atoms with Crippen molar-refractivity contribution in [2.24, 2.45) is 0 Å². The van der Waals surface area contributed by atoms with E-state index in [1.165, 1.54) is 23.1 Å². The zero-order valence-electron chi connectivity index (χ0n) is 15.7. The van der Waals surface area contributed by atoms with Crippen LogP contribution in [-0.4, -0.2) is 21.9 Å². The van der Waals surface area contributed by atoms with Gasteiger partial charge in [-0.3, -0.25) is 9.59 Å². The Morgan fingerprint density at radius 1 is 1.17 bits per heavy atom. The maximum atomic E-state index is 12.6. The summed E-state index contributed by atoms with van der Waals surface area (Å²) in [6, 6.07) is 17.4. The molecule has 0 aliphatic heterocycles. The van der Waals surface area contributed by atoms with Crippen LogP contribution < -0.4 is 5.32 Å². The number of nitrogens with one attached hydrogen (secondary N) is 1. The lowest BCUT2D eigenvalue weighted by atomic mass is 9.85. The van der Waals surface area contributed by atoms with Crippen molar-refractivity contribution >= 4 is 51.5 Å². The molecule has 3 aromatic rings. The van der Waals surface area contributed by atoms with Crippen LogP contribution >= 0.6 is 34.7 Å². The van der Waals surface area contributed by atoms with E-state index in [9.17, 15) is 9.59 Å². The standard InChI is InChI=1S/C22H19ClN2O2S2/c1-13(28-17-9-7-16(23)8-10-17)21(27)25-22-24-18-11-15(12-19(26)20(18)29-22)14-5-3-2-4-6-14/h2-10,13,15H,11-12H2,1H3,(H,24,25,27)/t13-,15+/m1/s1. The summed E-state index contributed by atoms with van der Waals surface area (Å²) < 4.78 is 0. The molecule has 2 aromatic carbocycles. The van der Waals surface area contributed by atoms with Gasteiger partial charge in [-0.05, 0) is 49.1 Å². The second-order valence-corrected chi connectivity index (χ2v) is 9.79. The molecule has 0 saturated heterocycles. The summed E-state index contributed by atoms with van der Waals surface area (Å²) >= 11 is 8.63. The minimum absolute atomic E-state index is 0.0988. The van der Waals surface area contributed by atoms with Gasteiger partial charge in [-0.25, -0.2) is 4.98 Å². The number of carbonyl (C=O) groups is 2. The van der Waals surface area contributed by atoms with Crippen LogP contribution in [0.25, 0.3) is 0 Å². The first-order valence-electron chi connectivity index (χ1n) is 9.30. The second-order valence-electron chi connectivity index (χ2n) is 6.94. The number of ketones is 1.